The van der Waals surface area contributed by atoms with Crippen molar-refractivity contribution in [3.05, 3.63) is 17.0 Å². The molecule has 1 N–H and O–H groups in total. The van der Waals surface area contributed by atoms with Gasteiger partial charge in [-0.25, -0.2) is 9.97 Å². The largest absolute Gasteiger partial charge is 0.338 e. The Hall–Kier alpha value is -1.20. The second kappa shape index (κ2) is 6.99. The van der Waals surface area contributed by atoms with E-state index in [1.807, 2.05) is 7.05 Å². The highest BCUT2D eigenvalue weighted by Gasteiger charge is 2.18. The van der Waals surface area contributed by atoms with E-state index in [-0.39, 0.29) is 0 Å². The molecule has 1 fully saturated rings. The molecular weight excluding hydrogens is 250 g/mol. The van der Waals surface area contributed by atoms with Gasteiger partial charge in [0.2, 0.25) is 5.95 Å². The van der Waals surface area contributed by atoms with Crippen molar-refractivity contribution in [3.63, 3.8) is 0 Å². The molecule has 0 spiro atoms. The molecule has 20 heavy (non-hydrogen) atoms. The van der Waals surface area contributed by atoms with Crippen molar-refractivity contribution in [2.45, 2.75) is 26.7 Å². The van der Waals surface area contributed by atoms with Crippen LogP contribution in [-0.2, 0) is 6.42 Å². The van der Waals surface area contributed by atoms with Gasteiger partial charge in [0.1, 0.15) is 0 Å². The summed E-state index contributed by atoms with van der Waals surface area (Å²) in [6, 6.07) is 0. The van der Waals surface area contributed by atoms with Crippen LogP contribution in [0.2, 0.25) is 0 Å². The number of nitrogens with zero attached hydrogens (tertiary/aromatic N) is 4. The third-order valence-electron chi connectivity index (χ3n) is 4.05. The van der Waals surface area contributed by atoms with E-state index in [1.54, 1.807) is 0 Å². The van der Waals surface area contributed by atoms with Crippen molar-refractivity contribution >= 4 is 5.95 Å². The van der Waals surface area contributed by atoms with Gasteiger partial charge in [-0.2, -0.15) is 0 Å². The molecular formula is C15H27N5. The van der Waals surface area contributed by atoms with Gasteiger partial charge in [-0.15, -0.1) is 0 Å². The van der Waals surface area contributed by atoms with Gasteiger partial charge in [0.25, 0.3) is 0 Å². The zero-order valence-corrected chi connectivity index (χ0v) is 13.2. The normalized spacial score (nSPS) is 16.7. The fourth-order valence-corrected chi connectivity index (χ4v) is 2.67. The van der Waals surface area contributed by atoms with Crippen LogP contribution in [0.1, 0.15) is 23.4 Å². The highest BCUT2D eigenvalue weighted by Crippen LogP contribution is 2.18. The molecule has 0 saturated carbocycles. The zero-order valence-electron chi connectivity index (χ0n) is 13.2. The molecule has 1 aliphatic heterocycles. The Morgan fingerprint density at radius 3 is 2.20 bits per heavy atom. The Balaban J connectivity index is 2.09. The predicted octanol–water partition coefficient (Wildman–Crippen LogP) is 0.997. The van der Waals surface area contributed by atoms with Crippen LogP contribution in [-0.4, -0.2) is 61.7 Å². The van der Waals surface area contributed by atoms with Crippen LogP contribution in [0.15, 0.2) is 0 Å². The number of aromatic nitrogens is 2. The van der Waals surface area contributed by atoms with E-state index < -0.39 is 0 Å². The predicted molar refractivity (Wildman–Crippen MR) is 83.5 cm³/mol. The Morgan fingerprint density at radius 2 is 1.65 bits per heavy atom. The van der Waals surface area contributed by atoms with E-state index in [0.717, 1.165) is 62.9 Å². The van der Waals surface area contributed by atoms with Gasteiger partial charge >= 0.3 is 0 Å². The molecule has 0 radical (unpaired) electrons. The molecule has 1 saturated heterocycles. The smallest absolute Gasteiger partial charge is 0.225 e. The van der Waals surface area contributed by atoms with E-state index in [9.17, 15) is 0 Å². The number of anilines is 1. The number of hydrogen-bond donors (Lipinski definition) is 1. The topological polar surface area (TPSA) is 44.3 Å². The third kappa shape index (κ3) is 3.67. The minimum Gasteiger partial charge on any atom is -0.338 e. The number of piperazine rings is 1. The maximum absolute atomic E-state index is 4.74. The molecule has 5 heteroatoms. The molecule has 2 rings (SSSR count). The van der Waals surface area contributed by atoms with Gasteiger partial charge in [0.05, 0.1) is 0 Å². The minimum atomic E-state index is 0.908. The van der Waals surface area contributed by atoms with Gasteiger partial charge in [0, 0.05) is 37.6 Å². The lowest BCUT2D eigenvalue weighted by atomic mass is 10.1. The van der Waals surface area contributed by atoms with Gasteiger partial charge in [-0.3, -0.25) is 0 Å². The van der Waals surface area contributed by atoms with Crippen LogP contribution >= 0.6 is 0 Å². The number of nitrogens with one attached hydrogen (secondary N) is 1. The van der Waals surface area contributed by atoms with Crippen molar-refractivity contribution in [2.75, 3.05) is 51.7 Å². The summed E-state index contributed by atoms with van der Waals surface area (Å²) in [6.45, 7) is 9.49. The number of hydrogen-bond acceptors (Lipinski definition) is 5. The molecule has 112 valence electrons. The molecule has 2 heterocycles. The lowest BCUT2D eigenvalue weighted by Gasteiger charge is -2.32. The van der Waals surface area contributed by atoms with E-state index in [4.69, 9.17) is 9.97 Å². The molecule has 1 aromatic heterocycles. The fraction of sp³-hybridized carbons (Fsp3) is 0.733. The number of likely N-dealkylation sites (N-methyl/N-ethyl adjacent to an activating group) is 1. The van der Waals surface area contributed by atoms with Crippen molar-refractivity contribution in [3.8, 4) is 0 Å². The molecule has 5 nitrogen and oxygen atoms in total. The summed E-state index contributed by atoms with van der Waals surface area (Å²) in [6.07, 6.45) is 2.19. The average Bonchev–Trinajstić information content (AvgIpc) is 2.42. The second-order valence-electron chi connectivity index (χ2n) is 5.67. The first-order valence-corrected chi connectivity index (χ1v) is 7.54. The number of aryl methyl sites for hydroxylation is 2. The molecule has 0 aliphatic carbocycles. The summed E-state index contributed by atoms with van der Waals surface area (Å²) in [7, 11) is 4.16. The first-order chi connectivity index (χ1) is 9.61. The van der Waals surface area contributed by atoms with Gasteiger partial charge in [-0.05, 0) is 52.9 Å². The summed E-state index contributed by atoms with van der Waals surface area (Å²) in [5.74, 6) is 0.908. The zero-order chi connectivity index (χ0) is 14.5. The SMILES string of the molecule is CNCCCc1c(C)nc(N2CCN(C)CC2)nc1C. The van der Waals surface area contributed by atoms with Crippen molar-refractivity contribution in [1.29, 1.82) is 0 Å². The van der Waals surface area contributed by atoms with E-state index in [0.29, 0.717) is 0 Å². The van der Waals surface area contributed by atoms with Crippen molar-refractivity contribution < 1.29 is 0 Å². The van der Waals surface area contributed by atoms with Gasteiger partial charge in [-0.1, -0.05) is 0 Å². The standard InChI is InChI=1S/C15H27N5/c1-12-14(6-5-7-16-3)13(2)18-15(17-12)20-10-8-19(4)9-11-20/h16H,5-11H2,1-4H3. The highest BCUT2D eigenvalue weighted by atomic mass is 15.3. The van der Waals surface area contributed by atoms with Crippen LogP contribution in [0.25, 0.3) is 0 Å². The quantitative estimate of drug-likeness (QED) is 0.813. The summed E-state index contributed by atoms with van der Waals surface area (Å²) in [5, 5.41) is 3.19. The summed E-state index contributed by atoms with van der Waals surface area (Å²) in [4.78, 5) is 14.1. The van der Waals surface area contributed by atoms with Crippen molar-refractivity contribution in [2.24, 2.45) is 0 Å². The van der Waals surface area contributed by atoms with Crippen LogP contribution in [0, 0.1) is 13.8 Å². The maximum Gasteiger partial charge on any atom is 0.225 e. The minimum absolute atomic E-state index is 0.908. The third-order valence-corrected chi connectivity index (χ3v) is 4.05. The Bertz CT molecular complexity index is 415. The van der Waals surface area contributed by atoms with Crippen molar-refractivity contribution in [1.82, 2.24) is 20.2 Å². The molecule has 0 amide bonds. The highest BCUT2D eigenvalue weighted by molar-refractivity contribution is 5.37. The monoisotopic (exact) mass is 277 g/mol. The van der Waals surface area contributed by atoms with Crippen LogP contribution in [0.3, 0.4) is 0 Å². The Kier molecular flexibility index (Phi) is 5.31. The molecule has 0 unspecified atom stereocenters. The van der Waals surface area contributed by atoms with E-state index >= 15 is 0 Å². The summed E-state index contributed by atoms with van der Waals surface area (Å²) < 4.78 is 0. The Labute approximate surface area is 122 Å². The van der Waals surface area contributed by atoms with Crippen LogP contribution in [0.4, 0.5) is 5.95 Å². The average molecular weight is 277 g/mol. The second-order valence-corrected chi connectivity index (χ2v) is 5.67. The molecule has 0 aromatic carbocycles. The molecule has 1 aromatic rings. The van der Waals surface area contributed by atoms with Crippen LogP contribution < -0.4 is 10.2 Å². The maximum atomic E-state index is 4.74. The summed E-state index contributed by atoms with van der Waals surface area (Å²) >= 11 is 0. The lowest BCUT2D eigenvalue weighted by molar-refractivity contribution is 0.311. The Morgan fingerprint density at radius 1 is 1.05 bits per heavy atom. The fourth-order valence-electron chi connectivity index (χ4n) is 2.67. The first-order valence-electron chi connectivity index (χ1n) is 7.54. The van der Waals surface area contributed by atoms with Gasteiger partial charge < -0.3 is 15.1 Å². The summed E-state index contributed by atoms with van der Waals surface area (Å²) in [5.41, 5.74) is 3.60. The van der Waals surface area contributed by atoms with Crippen LogP contribution in [0.5, 0.6) is 0 Å². The van der Waals surface area contributed by atoms with E-state index in [1.165, 1.54) is 5.56 Å². The van der Waals surface area contributed by atoms with Gasteiger partial charge in [0.15, 0.2) is 0 Å². The first kappa shape index (κ1) is 15.2. The van der Waals surface area contributed by atoms with E-state index in [2.05, 4.69) is 36.0 Å². The molecule has 0 atom stereocenters. The molecule has 0 bridgehead atoms. The number of rotatable bonds is 5. The molecule has 1 aliphatic rings. The lowest BCUT2D eigenvalue weighted by Crippen LogP contribution is -2.45.